The maximum Gasteiger partial charge on any atom is 0.178 e. The maximum absolute atomic E-state index is 13.2. The average Bonchev–Trinajstić information content (AvgIpc) is 3.13. The first-order valence-electron chi connectivity index (χ1n) is 13.9. The number of hydrogen-bond acceptors (Lipinski definition) is 4. The highest BCUT2D eigenvalue weighted by Gasteiger charge is 2.22. The van der Waals surface area contributed by atoms with Crippen molar-refractivity contribution in [1.29, 1.82) is 0 Å². The molecule has 1 saturated heterocycles. The molecule has 3 aromatic rings. The number of fused-ring (bicyclic) bond motifs is 1. The van der Waals surface area contributed by atoms with Crippen LogP contribution in [0.5, 0.6) is 0 Å². The summed E-state index contributed by atoms with van der Waals surface area (Å²) in [6, 6.07) is 27.1. The number of benzene rings is 3. The molecule has 0 bridgehead atoms. The predicted octanol–water partition coefficient (Wildman–Crippen LogP) is 6.60. The van der Waals surface area contributed by atoms with Crippen LogP contribution in [0.25, 0.3) is 0 Å². The lowest BCUT2D eigenvalue weighted by Gasteiger charge is -2.32. The molecule has 5 rings (SSSR count). The molecule has 0 aromatic heterocycles. The fraction of sp³-hybridized carbons (Fsp3) is 0.438. The van der Waals surface area contributed by atoms with E-state index in [1.54, 1.807) is 0 Å². The van der Waals surface area contributed by atoms with Gasteiger partial charge >= 0.3 is 0 Å². The van der Waals surface area contributed by atoms with E-state index in [1.165, 1.54) is 35.1 Å². The van der Waals surface area contributed by atoms with E-state index < -0.39 is 9.84 Å². The number of piperidine rings is 1. The Morgan fingerprint density at radius 2 is 1.21 bits per heavy atom. The summed E-state index contributed by atoms with van der Waals surface area (Å²) in [6.07, 6.45) is 6.00. The largest absolute Gasteiger partial charge is 0.299 e. The molecule has 0 amide bonds. The molecule has 0 aliphatic carbocycles. The van der Waals surface area contributed by atoms with E-state index in [-0.39, 0.29) is 30.6 Å². The van der Waals surface area contributed by atoms with Crippen molar-refractivity contribution < 1.29 is 8.42 Å². The van der Waals surface area contributed by atoms with Gasteiger partial charge in [-0.1, -0.05) is 66.7 Å². The molecule has 2 aliphatic rings. The minimum absolute atomic E-state index is 0. The SMILES string of the molecule is Cl.Cl.O=S(=O)(CCCC1CCN(Cc2ccccc2)CC1)c1ccc2c(c1)CCN(Cc1ccccc1)CC2. The summed E-state index contributed by atoms with van der Waals surface area (Å²) in [6.45, 7) is 6.17. The fourth-order valence-corrected chi connectivity index (χ4v) is 7.28. The van der Waals surface area contributed by atoms with E-state index in [0.29, 0.717) is 10.8 Å². The molecule has 212 valence electrons. The van der Waals surface area contributed by atoms with Gasteiger partial charge in [-0.3, -0.25) is 9.80 Å². The first kappa shape index (κ1) is 31.6. The van der Waals surface area contributed by atoms with Crippen LogP contribution < -0.4 is 0 Å². The van der Waals surface area contributed by atoms with Gasteiger partial charge in [0.15, 0.2) is 9.84 Å². The summed E-state index contributed by atoms with van der Waals surface area (Å²) in [7, 11) is -3.24. The molecule has 1 fully saturated rings. The Labute approximate surface area is 247 Å². The Balaban J connectivity index is 0.00000210. The third-order valence-corrected chi connectivity index (χ3v) is 9.96. The smallest absolute Gasteiger partial charge is 0.178 e. The average molecular weight is 590 g/mol. The lowest BCUT2D eigenvalue weighted by Crippen LogP contribution is -2.33. The highest BCUT2D eigenvalue weighted by Crippen LogP contribution is 2.26. The quantitative estimate of drug-likeness (QED) is 0.282. The zero-order valence-electron chi connectivity index (χ0n) is 22.7. The second-order valence-electron chi connectivity index (χ2n) is 10.9. The monoisotopic (exact) mass is 588 g/mol. The van der Waals surface area contributed by atoms with Gasteiger partial charge in [-0.15, -0.1) is 24.8 Å². The summed E-state index contributed by atoms with van der Waals surface area (Å²) < 4.78 is 26.4. The first-order valence-corrected chi connectivity index (χ1v) is 15.6. The van der Waals surface area contributed by atoms with Crippen LogP contribution in [-0.2, 0) is 35.8 Å². The second-order valence-corrected chi connectivity index (χ2v) is 13.0. The lowest BCUT2D eigenvalue weighted by atomic mass is 9.92. The van der Waals surface area contributed by atoms with E-state index >= 15 is 0 Å². The Morgan fingerprint density at radius 1 is 0.667 bits per heavy atom. The molecular weight excluding hydrogens is 547 g/mol. The van der Waals surface area contributed by atoms with Crippen LogP contribution in [-0.4, -0.2) is 50.1 Å². The molecule has 0 spiro atoms. The highest BCUT2D eigenvalue weighted by molar-refractivity contribution is 7.91. The molecule has 2 aliphatic heterocycles. The topological polar surface area (TPSA) is 40.6 Å². The van der Waals surface area contributed by atoms with Crippen molar-refractivity contribution in [1.82, 2.24) is 9.80 Å². The summed E-state index contributed by atoms with van der Waals surface area (Å²) in [4.78, 5) is 5.52. The van der Waals surface area contributed by atoms with Gasteiger partial charge in [0.25, 0.3) is 0 Å². The highest BCUT2D eigenvalue weighted by atomic mass is 35.5. The second kappa shape index (κ2) is 15.2. The molecule has 3 aromatic carbocycles. The van der Waals surface area contributed by atoms with Crippen molar-refractivity contribution in [2.45, 2.75) is 56.5 Å². The number of hydrogen-bond donors (Lipinski definition) is 0. The van der Waals surface area contributed by atoms with Crippen LogP contribution in [0.1, 0.15) is 47.9 Å². The van der Waals surface area contributed by atoms with Crippen LogP contribution in [0.15, 0.2) is 83.8 Å². The molecule has 0 unspecified atom stereocenters. The predicted molar refractivity (Wildman–Crippen MR) is 166 cm³/mol. The summed E-state index contributed by atoms with van der Waals surface area (Å²) >= 11 is 0. The van der Waals surface area contributed by atoms with Crippen molar-refractivity contribution in [3.8, 4) is 0 Å². The first-order chi connectivity index (χ1) is 18.0. The molecule has 39 heavy (non-hydrogen) atoms. The van der Waals surface area contributed by atoms with Crippen molar-refractivity contribution in [2.24, 2.45) is 5.92 Å². The normalized spacial score (nSPS) is 16.9. The molecule has 0 N–H and O–H groups in total. The number of sulfone groups is 1. The number of rotatable bonds is 9. The van der Waals surface area contributed by atoms with Crippen LogP contribution in [0.4, 0.5) is 0 Å². The summed E-state index contributed by atoms with van der Waals surface area (Å²) in [5.74, 6) is 0.903. The zero-order chi connectivity index (χ0) is 25.5. The third kappa shape index (κ3) is 9.06. The zero-order valence-corrected chi connectivity index (χ0v) is 25.2. The molecule has 7 heteroatoms. The van der Waals surface area contributed by atoms with Crippen molar-refractivity contribution in [2.75, 3.05) is 31.9 Å². The van der Waals surface area contributed by atoms with Crippen molar-refractivity contribution in [3.05, 3.63) is 101 Å². The minimum atomic E-state index is -3.24. The van der Waals surface area contributed by atoms with Gasteiger partial charge in [-0.25, -0.2) is 8.42 Å². The Bertz CT molecular complexity index is 1250. The Hall–Kier alpha value is -1.89. The third-order valence-electron chi connectivity index (χ3n) is 8.16. The summed E-state index contributed by atoms with van der Waals surface area (Å²) in [5, 5.41) is 0. The number of halogens is 2. The van der Waals surface area contributed by atoms with E-state index in [2.05, 4.69) is 76.5 Å². The molecule has 4 nitrogen and oxygen atoms in total. The van der Waals surface area contributed by atoms with Gasteiger partial charge in [0, 0.05) is 26.2 Å². The Morgan fingerprint density at radius 3 is 1.79 bits per heavy atom. The fourth-order valence-electron chi connectivity index (χ4n) is 5.90. The maximum atomic E-state index is 13.2. The van der Waals surface area contributed by atoms with E-state index in [9.17, 15) is 8.42 Å². The standard InChI is InChI=1S/C32H40N2O2S.2ClH/c35-37(36,23-7-12-27-15-19-33(20-16-27)25-28-8-3-1-4-9-28)32-14-13-30-17-21-34(22-18-31(30)24-32)26-29-10-5-2-6-11-29;;/h1-6,8-11,13-14,24,27H,7,12,15-23,25-26H2;2*1H. The molecule has 0 saturated carbocycles. The van der Waals surface area contributed by atoms with E-state index in [0.717, 1.165) is 65.0 Å². The van der Waals surface area contributed by atoms with E-state index in [4.69, 9.17) is 0 Å². The van der Waals surface area contributed by atoms with Gasteiger partial charge < -0.3 is 0 Å². The number of likely N-dealkylation sites (tertiary alicyclic amines) is 1. The lowest BCUT2D eigenvalue weighted by molar-refractivity contribution is 0.172. The van der Waals surface area contributed by atoms with Crippen LogP contribution in [0.2, 0.25) is 0 Å². The minimum Gasteiger partial charge on any atom is -0.299 e. The van der Waals surface area contributed by atoms with Gasteiger partial charge in [-0.05, 0) is 91.9 Å². The van der Waals surface area contributed by atoms with Crippen LogP contribution in [0.3, 0.4) is 0 Å². The van der Waals surface area contributed by atoms with Crippen LogP contribution >= 0.6 is 24.8 Å². The molecule has 2 heterocycles. The van der Waals surface area contributed by atoms with Crippen molar-refractivity contribution >= 4 is 34.7 Å². The van der Waals surface area contributed by atoms with Crippen LogP contribution in [0, 0.1) is 5.92 Å². The Kier molecular flexibility index (Phi) is 12.3. The van der Waals surface area contributed by atoms with Gasteiger partial charge in [-0.2, -0.15) is 0 Å². The van der Waals surface area contributed by atoms with Gasteiger partial charge in [0.1, 0.15) is 0 Å². The van der Waals surface area contributed by atoms with E-state index in [1.807, 2.05) is 12.1 Å². The van der Waals surface area contributed by atoms with Gasteiger partial charge in [0.2, 0.25) is 0 Å². The van der Waals surface area contributed by atoms with Crippen molar-refractivity contribution in [3.63, 3.8) is 0 Å². The number of nitrogens with zero attached hydrogens (tertiary/aromatic N) is 2. The van der Waals surface area contributed by atoms with Gasteiger partial charge in [0.05, 0.1) is 10.6 Å². The molecule has 0 radical (unpaired) electrons. The molecule has 0 atom stereocenters. The molecular formula is C32H42Cl2N2O2S. The summed E-state index contributed by atoms with van der Waals surface area (Å²) in [5.41, 5.74) is 5.22.